The maximum absolute atomic E-state index is 12.2. The Kier molecular flexibility index (Phi) is 5.12. The van der Waals surface area contributed by atoms with Crippen molar-refractivity contribution < 1.29 is 13.2 Å². The zero-order valence-electron chi connectivity index (χ0n) is 15.4. The molecule has 10 heteroatoms. The summed E-state index contributed by atoms with van der Waals surface area (Å²) in [4.78, 5) is 26.3. The van der Waals surface area contributed by atoms with Gasteiger partial charge in [-0.1, -0.05) is 29.5 Å². The molecule has 0 fully saturated rings. The number of carbonyl (C=O) groups is 1. The van der Waals surface area contributed by atoms with Gasteiger partial charge in [0.1, 0.15) is 5.84 Å². The lowest BCUT2D eigenvalue weighted by Gasteiger charge is -2.01. The van der Waals surface area contributed by atoms with E-state index in [2.05, 4.69) is 25.0 Å². The first kappa shape index (κ1) is 19.2. The number of aromatic nitrogens is 2. The van der Waals surface area contributed by atoms with Gasteiger partial charge in [0.05, 0.1) is 27.7 Å². The molecule has 1 aliphatic rings. The zero-order chi connectivity index (χ0) is 20.4. The van der Waals surface area contributed by atoms with Gasteiger partial charge >= 0.3 is 0 Å². The number of amides is 1. The molecular weight excluding hydrogens is 410 g/mol. The van der Waals surface area contributed by atoms with Crippen molar-refractivity contribution in [2.75, 3.05) is 11.9 Å². The number of benzene rings is 1. The Balaban J connectivity index is 1.40. The Bertz CT molecular complexity index is 1200. The van der Waals surface area contributed by atoms with E-state index >= 15 is 0 Å². The summed E-state index contributed by atoms with van der Waals surface area (Å²) >= 11 is 1.36. The van der Waals surface area contributed by atoms with E-state index in [4.69, 9.17) is 0 Å². The fourth-order valence-electron chi connectivity index (χ4n) is 2.89. The molecule has 1 amide bonds. The Morgan fingerprint density at radius 2 is 2.00 bits per heavy atom. The van der Waals surface area contributed by atoms with E-state index in [1.165, 1.54) is 17.4 Å². The number of sulfonamides is 1. The highest BCUT2D eigenvalue weighted by atomic mass is 32.2. The monoisotopic (exact) mass is 427 g/mol. The molecule has 4 rings (SSSR count). The fraction of sp³-hybridized carbons (Fsp3) is 0.158. The summed E-state index contributed by atoms with van der Waals surface area (Å²) in [6, 6.07) is 12.2. The molecule has 1 aromatic carbocycles. The van der Waals surface area contributed by atoms with Crippen molar-refractivity contribution in [3.05, 3.63) is 59.9 Å². The minimum absolute atomic E-state index is 0.102. The van der Waals surface area contributed by atoms with Crippen LogP contribution in [0.1, 0.15) is 17.7 Å². The molecule has 0 aliphatic carbocycles. The molecular formula is C19H17N5O3S2. The zero-order valence-corrected chi connectivity index (χ0v) is 17.0. The Morgan fingerprint density at radius 3 is 2.79 bits per heavy atom. The predicted molar refractivity (Wildman–Crippen MR) is 111 cm³/mol. The summed E-state index contributed by atoms with van der Waals surface area (Å²) in [6.07, 6.45) is 1.81. The van der Waals surface area contributed by atoms with E-state index in [0.717, 1.165) is 16.3 Å². The third kappa shape index (κ3) is 4.03. The molecule has 0 saturated heterocycles. The van der Waals surface area contributed by atoms with E-state index in [1.807, 2.05) is 25.1 Å². The van der Waals surface area contributed by atoms with E-state index in [-0.39, 0.29) is 29.6 Å². The van der Waals surface area contributed by atoms with Crippen molar-refractivity contribution in [1.82, 2.24) is 14.7 Å². The van der Waals surface area contributed by atoms with Gasteiger partial charge < -0.3 is 5.32 Å². The molecule has 2 aromatic heterocycles. The van der Waals surface area contributed by atoms with Gasteiger partial charge in [0, 0.05) is 18.2 Å². The van der Waals surface area contributed by atoms with Gasteiger partial charge in [-0.3, -0.25) is 19.5 Å². The van der Waals surface area contributed by atoms with Crippen molar-refractivity contribution in [2.45, 2.75) is 18.2 Å². The SMILES string of the molecule is Cc1nc(NC(=O)CCN=C2NS(=O)(=O)c3ccccc32)sc1-c1ccccn1. The van der Waals surface area contributed by atoms with E-state index in [1.54, 1.807) is 24.4 Å². The lowest BCUT2D eigenvalue weighted by Crippen LogP contribution is -2.23. The largest absolute Gasteiger partial charge is 0.302 e. The quantitative estimate of drug-likeness (QED) is 0.650. The maximum Gasteiger partial charge on any atom is 0.263 e. The smallest absolute Gasteiger partial charge is 0.263 e. The fourth-order valence-corrected chi connectivity index (χ4v) is 5.10. The molecule has 8 nitrogen and oxygen atoms in total. The molecule has 0 unspecified atom stereocenters. The number of amidine groups is 1. The normalized spacial score (nSPS) is 15.7. The minimum atomic E-state index is -3.58. The van der Waals surface area contributed by atoms with Crippen LogP contribution in [0.3, 0.4) is 0 Å². The molecule has 0 atom stereocenters. The van der Waals surface area contributed by atoms with Crippen molar-refractivity contribution in [2.24, 2.45) is 4.99 Å². The van der Waals surface area contributed by atoms with Crippen LogP contribution < -0.4 is 10.0 Å². The second-order valence-corrected chi connectivity index (χ2v) is 8.93. The lowest BCUT2D eigenvalue weighted by molar-refractivity contribution is -0.116. The Labute approximate surface area is 171 Å². The van der Waals surface area contributed by atoms with E-state index < -0.39 is 10.0 Å². The maximum atomic E-state index is 12.2. The van der Waals surface area contributed by atoms with E-state index in [0.29, 0.717) is 10.7 Å². The first-order chi connectivity index (χ1) is 13.9. The standard InChI is InChI=1S/C19H17N5O3S2/c1-12-17(14-7-4-5-10-20-14)28-19(22-12)23-16(25)9-11-21-18-13-6-2-3-8-15(13)29(26,27)24-18/h2-8,10H,9,11H2,1H3,(H,21,24)(H,22,23,25). The van der Waals surface area contributed by atoms with Gasteiger partial charge in [-0.05, 0) is 31.2 Å². The average Bonchev–Trinajstić information content (AvgIpc) is 3.19. The number of fused-ring (bicyclic) bond motifs is 1. The highest BCUT2D eigenvalue weighted by molar-refractivity contribution is 7.90. The molecule has 29 heavy (non-hydrogen) atoms. The number of rotatable bonds is 5. The Hall–Kier alpha value is -3.11. The van der Waals surface area contributed by atoms with Gasteiger partial charge in [0.25, 0.3) is 10.0 Å². The number of anilines is 1. The summed E-state index contributed by atoms with van der Waals surface area (Å²) < 4.78 is 26.6. The molecule has 3 heterocycles. The second-order valence-electron chi connectivity index (χ2n) is 6.28. The molecule has 3 aromatic rings. The van der Waals surface area contributed by atoms with Crippen molar-refractivity contribution >= 4 is 38.2 Å². The first-order valence-corrected chi connectivity index (χ1v) is 11.1. The van der Waals surface area contributed by atoms with Gasteiger partial charge in [-0.25, -0.2) is 13.4 Å². The highest BCUT2D eigenvalue weighted by Gasteiger charge is 2.29. The number of aliphatic imine (C=N–C) groups is 1. The molecule has 0 bridgehead atoms. The van der Waals surface area contributed by atoms with Crippen LogP contribution in [0.15, 0.2) is 58.5 Å². The number of pyridine rings is 1. The third-order valence-corrected chi connectivity index (χ3v) is 6.70. The third-order valence-electron chi connectivity index (χ3n) is 4.21. The van der Waals surface area contributed by atoms with Gasteiger partial charge in [0.2, 0.25) is 5.91 Å². The molecule has 2 N–H and O–H groups in total. The number of nitrogens with one attached hydrogen (secondary N) is 2. The van der Waals surface area contributed by atoms with Crippen LogP contribution in [0.4, 0.5) is 5.13 Å². The van der Waals surface area contributed by atoms with Crippen LogP contribution in [-0.2, 0) is 14.8 Å². The summed E-state index contributed by atoms with van der Waals surface area (Å²) in [5.74, 6) is 0.0146. The van der Waals surface area contributed by atoms with Crippen molar-refractivity contribution in [3.63, 3.8) is 0 Å². The molecule has 1 aliphatic heterocycles. The number of carbonyl (C=O) groups excluding carboxylic acids is 1. The van der Waals surface area contributed by atoms with Gasteiger partial charge in [0.15, 0.2) is 5.13 Å². The number of thiazole rings is 1. The number of hydrogen-bond acceptors (Lipinski definition) is 7. The first-order valence-electron chi connectivity index (χ1n) is 8.79. The summed E-state index contributed by atoms with van der Waals surface area (Å²) in [5.41, 5.74) is 2.12. The summed E-state index contributed by atoms with van der Waals surface area (Å²) in [7, 11) is -3.58. The summed E-state index contributed by atoms with van der Waals surface area (Å²) in [6.45, 7) is 2.02. The van der Waals surface area contributed by atoms with Crippen LogP contribution in [0.5, 0.6) is 0 Å². The molecule has 0 saturated carbocycles. The number of nitrogens with zero attached hydrogens (tertiary/aromatic N) is 3. The highest BCUT2D eigenvalue weighted by Crippen LogP contribution is 2.31. The lowest BCUT2D eigenvalue weighted by atomic mass is 10.2. The van der Waals surface area contributed by atoms with Crippen LogP contribution in [-0.4, -0.2) is 36.7 Å². The molecule has 0 radical (unpaired) electrons. The minimum Gasteiger partial charge on any atom is -0.302 e. The topological polar surface area (TPSA) is 113 Å². The molecule has 0 spiro atoms. The van der Waals surface area contributed by atoms with Crippen molar-refractivity contribution in [3.8, 4) is 10.6 Å². The van der Waals surface area contributed by atoms with Crippen LogP contribution >= 0.6 is 11.3 Å². The van der Waals surface area contributed by atoms with E-state index in [9.17, 15) is 13.2 Å². The van der Waals surface area contributed by atoms with Crippen LogP contribution in [0.2, 0.25) is 0 Å². The van der Waals surface area contributed by atoms with Gasteiger partial charge in [-0.2, -0.15) is 0 Å². The van der Waals surface area contributed by atoms with Crippen LogP contribution in [0, 0.1) is 6.92 Å². The van der Waals surface area contributed by atoms with Crippen LogP contribution in [0.25, 0.3) is 10.6 Å². The number of hydrogen-bond donors (Lipinski definition) is 2. The van der Waals surface area contributed by atoms with Gasteiger partial charge in [-0.15, -0.1) is 0 Å². The second kappa shape index (κ2) is 7.72. The summed E-state index contributed by atoms with van der Waals surface area (Å²) in [5, 5.41) is 3.26. The van der Waals surface area contributed by atoms with Crippen molar-refractivity contribution in [1.29, 1.82) is 0 Å². The Morgan fingerprint density at radius 1 is 1.21 bits per heavy atom. The predicted octanol–water partition coefficient (Wildman–Crippen LogP) is 2.58. The number of aryl methyl sites for hydroxylation is 1. The molecule has 148 valence electrons. The average molecular weight is 428 g/mol.